The molecule has 0 spiro atoms. The van der Waals surface area contributed by atoms with Gasteiger partial charge in [-0.05, 0) is 0 Å². The summed E-state index contributed by atoms with van der Waals surface area (Å²) in [7, 11) is 0. The van der Waals surface area contributed by atoms with Gasteiger partial charge in [-0.25, -0.2) is 0 Å². The summed E-state index contributed by atoms with van der Waals surface area (Å²) < 4.78 is 0. The van der Waals surface area contributed by atoms with Gasteiger partial charge in [-0.3, -0.25) is 9.59 Å². The van der Waals surface area contributed by atoms with Crippen molar-refractivity contribution in [1.29, 1.82) is 0 Å². The van der Waals surface area contributed by atoms with Crippen LogP contribution < -0.4 is 34.7 Å². The Morgan fingerprint density at radius 1 is 1.42 bits per heavy atom. The molecule has 0 bridgehead atoms. The van der Waals surface area contributed by atoms with Gasteiger partial charge in [0.2, 0.25) is 0 Å². The number of Topliss-reactive ketones (excluding diaryl/α,β-unsaturated/α-hetero) is 2. The van der Waals surface area contributed by atoms with E-state index in [4.69, 9.17) is 0 Å². The SMILES string of the molecule is O=C1CC=C(C(=O)[O-])C(=O)C1.[Na+]. The van der Waals surface area contributed by atoms with Crippen molar-refractivity contribution in [3.05, 3.63) is 11.6 Å². The van der Waals surface area contributed by atoms with Crippen LogP contribution in [0.25, 0.3) is 0 Å². The number of carbonyl (C=O) groups is 3. The number of rotatable bonds is 1. The quantitative estimate of drug-likeness (QED) is 0.230. The fourth-order valence-corrected chi connectivity index (χ4v) is 0.873. The third-order valence-corrected chi connectivity index (χ3v) is 1.41. The molecule has 0 aromatic rings. The normalized spacial score (nSPS) is 16.5. The third-order valence-electron chi connectivity index (χ3n) is 1.41. The van der Waals surface area contributed by atoms with Crippen molar-refractivity contribution in [2.75, 3.05) is 0 Å². The Hall–Kier alpha value is -0.450. The van der Waals surface area contributed by atoms with Crippen molar-refractivity contribution in [1.82, 2.24) is 0 Å². The van der Waals surface area contributed by atoms with E-state index in [0.717, 1.165) is 6.08 Å². The van der Waals surface area contributed by atoms with Crippen LogP contribution in [0.2, 0.25) is 0 Å². The van der Waals surface area contributed by atoms with E-state index in [2.05, 4.69) is 0 Å². The summed E-state index contributed by atoms with van der Waals surface area (Å²) >= 11 is 0. The zero-order valence-corrected chi connectivity index (χ0v) is 8.62. The minimum Gasteiger partial charge on any atom is -0.545 e. The summed E-state index contributed by atoms with van der Waals surface area (Å²) in [5.74, 6) is -2.40. The molecule has 1 aliphatic carbocycles. The van der Waals surface area contributed by atoms with E-state index in [9.17, 15) is 19.5 Å². The monoisotopic (exact) mass is 176 g/mol. The van der Waals surface area contributed by atoms with Gasteiger partial charge in [0.25, 0.3) is 0 Å². The van der Waals surface area contributed by atoms with E-state index < -0.39 is 11.8 Å². The predicted octanol–water partition coefficient (Wildman–Crippen LogP) is -4.40. The van der Waals surface area contributed by atoms with Gasteiger partial charge in [0.1, 0.15) is 5.78 Å². The Bertz CT molecular complexity index is 267. The molecule has 0 N–H and O–H groups in total. The molecule has 0 saturated carbocycles. The second kappa shape index (κ2) is 4.54. The molecule has 0 atom stereocenters. The molecule has 4 nitrogen and oxygen atoms in total. The predicted molar refractivity (Wildman–Crippen MR) is 32.3 cm³/mol. The van der Waals surface area contributed by atoms with Crippen molar-refractivity contribution in [2.24, 2.45) is 0 Å². The zero-order chi connectivity index (χ0) is 8.43. The number of allylic oxidation sites excluding steroid dienone is 1. The average Bonchev–Trinajstić information content (AvgIpc) is 1.85. The molecule has 12 heavy (non-hydrogen) atoms. The maximum Gasteiger partial charge on any atom is 1.00 e. The van der Waals surface area contributed by atoms with E-state index in [0.29, 0.717) is 0 Å². The number of aliphatic carboxylic acids is 1. The molecule has 0 heterocycles. The van der Waals surface area contributed by atoms with Crippen LogP contribution in [0.3, 0.4) is 0 Å². The molecule has 0 amide bonds. The van der Waals surface area contributed by atoms with Crippen LogP contribution in [0.1, 0.15) is 12.8 Å². The van der Waals surface area contributed by atoms with Crippen molar-refractivity contribution < 1.29 is 49.0 Å². The van der Waals surface area contributed by atoms with Gasteiger partial charge < -0.3 is 9.90 Å². The molecule has 0 aromatic heterocycles. The first-order chi connectivity index (χ1) is 5.11. The molecular formula is C7H5NaO4. The summed E-state index contributed by atoms with van der Waals surface area (Å²) in [6, 6.07) is 0. The van der Waals surface area contributed by atoms with E-state index in [1.807, 2.05) is 0 Å². The van der Waals surface area contributed by atoms with E-state index in [1.165, 1.54) is 0 Å². The van der Waals surface area contributed by atoms with Gasteiger partial charge >= 0.3 is 29.6 Å². The number of carboxylic acid groups (broad SMARTS) is 1. The first-order valence-corrected chi connectivity index (χ1v) is 3.07. The topological polar surface area (TPSA) is 74.3 Å². The van der Waals surface area contributed by atoms with Crippen LogP contribution in [-0.4, -0.2) is 17.5 Å². The van der Waals surface area contributed by atoms with E-state index in [-0.39, 0.29) is 53.8 Å². The van der Waals surface area contributed by atoms with Crippen molar-refractivity contribution in [3.8, 4) is 0 Å². The van der Waals surface area contributed by atoms with Crippen LogP contribution in [0, 0.1) is 0 Å². The number of ketones is 2. The van der Waals surface area contributed by atoms with E-state index in [1.54, 1.807) is 0 Å². The summed E-state index contributed by atoms with van der Waals surface area (Å²) in [5.41, 5.74) is -0.371. The smallest absolute Gasteiger partial charge is 0.545 e. The minimum atomic E-state index is -1.50. The zero-order valence-electron chi connectivity index (χ0n) is 6.62. The maximum absolute atomic E-state index is 10.7. The molecule has 58 valence electrons. The van der Waals surface area contributed by atoms with Gasteiger partial charge in [0.05, 0.1) is 12.4 Å². The largest absolute Gasteiger partial charge is 1.00 e. The standard InChI is InChI=1S/C7H6O4.Na/c8-4-1-2-5(7(10)11)6(9)3-4;/h2H,1,3H2,(H,10,11);/q;+1/p-1. The molecular weight excluding hydrogens is 171 g/mol. The van der Waals surface area contributed by atoms with Crippen LogP contribution >= 0.6 is 0 Å². The van der Waals surface area contributed by atoms with Crippen LogP contribution in [0.5, 0.6) is 0 Å². The molecule has 0 fully saturated rings. The van der Waals surface area contributed by atoms with Gasteiger partial charge in [0.15, 0.2) is 5.78 Å². The molecule has 0 saturated heterocycles. The third kappa shape index (κ3) is 2.55. The van der Waals surface area contributed by atoms with Crippen molar-refractivity contribution >= 4 is 17.5 Å². The van der Waals surface area contributed by atoms with Gasteiger partial charge in [0, 0.05) is 12.0 Å². The Balaban J connectivity index is 0.00000121. The van der Waals surface area contributed by atoms with Gasteiger partial charge in [-0.15, -0.1) is 0 Å². The van der Waals surface area contributed by atoms with Crippen molar-refractivity contribution in [3.63, 3.8) is 0 Å². The second-order valence-electron chi connectivity index (χ2n) is 2.25. The summed E-state index contributed by atoms with van der Waals surface area (Å²) in [4.78, 5) is 31.5. The second-order valence-corrected chi connectivity index (χ2v) is 2.25. The Morgan fingerprint density at radius 2 is 2.00 bits per heavy atom. The molecule has 1 aliphatic rings. The molecule has 0 aliphatic heterocycles. The Kier molecular flexibility index (Phi) is 4.37. The minimum absolute atomic E-state index is 0. The van der Waals surface area contributed by atoms with E-state index >= 15 is 0 Å². The van der Waals surface area contributed by atoms with Crippen LogP contribution in [0.4, 0.5) is 0 Å². The fourth-order valence-electron chi connectivity index (χ4n) is 0.873. The molecule has 0 radical (unpaired) electrons. The molecule has 5 heteroatoms. The van der Waals surface area contributed by atoms with Crippen molar-refractivity contribution in [2.45, 2.75) is 12.8 Å². The first kappa shape index (κ1) is 11.6. The number of hydrogen-bond acceptors (Lipinski definition) is 4. The number of hydrogen-bond donors (Lipinski definition) is 0. The average molecular weight is 176 g/mol. The number of carbonyl (C=O) groups excluding carboxylic acids is 3. The Morgan fingerprint density at radius 3 is 2.42 bits per heavy atom. The van der Waals surface area contributed by atoms with Crippen LogP contribution in [-0.2, 0) is 14.4 Å². The molecule has 0 aromatic carbocycles. The van der Waals surface area contributed by atoms with Gasteiger partial charge in [-0.1, -0.05) is 6.08 Å². The summed E-state index contributed by atoms with van der Waals surface area (Å²) in [6.45, 7) is 0. The first-order valence-electron chi connectivity index (χ1n) is 3.07. The summed E-state index contributed by atoms with van der Waals surface area (Å²) in [6.07, 6.45) is 0.818. The number of carboxylic acids is 1. The fraction of sp³-hybridized carbons (Fsp3) is 0.286. The molecule has 0 unspecified atom stereocenters. The summed E-state index contributed by atoms with van der Waals surface area (Å²) in [5, 5.41) is 10.2. The van der Waals surface area contributed by atoms with Gasteiger partial charge in [-0.2, -0.15) is 0 Å². The maximum atomic E-state index is 10.7. The van der Waals surface area contributed by atoms with Crippen LogP contribution in [0.15, 0.2) is 11.6 Å². The Labute approximate surface area is 90.9 Å². The molecule has 1 rings (SSSR count).